The first-order chi connectivity index (χ1) is 24.2. The van der Waals surface area contributed by atoms with Crippen molar-refractivity contribution in [3.05, 3.63) is 42.6 Å². The molecule has 7 atom stereocenters. The highest BCUT2D eigenvalue weighted by atomic mass is 32.2. The number of fused-ring (bicyclic) bond motifs is 3. The number of carbonyl (C=O) groups excluding carboxylic acids is 3. The summed E-state index contributed by atoms with van der Waals surface area (Å²) in [5, 5.41) is 16.6. The number of nitrogens with zero attached hydrogens (tertiary/aromatic N) is 2. The van der Waals surface area contributed by atoms with Crippen molar-refractivity contribution in [1.29, 1.82) is 0 Å². The van der Waals surface area contributed by atoms with Crippen LogP contribution in [0.25, 0.3) is 10.8 Å². The van der Waals surface area contributed by atoms with Gasteiger partial charge in [-0.3, -0.25) is 19.1 Å². The maximum absolute atomic E-state index is 14.5. The largest absolute Gasteiger partial charge is 0.497 e. The standard InChI is InChI=1S/C36H47N5O9S/c1-5-22-16-21(2)8-6-7-9-24-19-36(24,33(44)40-51(47,48)35(3)13-14-35)39-30(42)28-18-26(20-41(28)32(43)29(22)38-34(45)46)50-31-27-11-10-25(49-4)17-23(27)12-15-37-31/h7,9-12,15,17,21-22,24,26,28-29,38H,5-6,8,13-14,16,18-20H2,1-4H3,(H,39,42)(H,40,44)(H,45,46)/b9-7-/t21-,22-,24-,26-,28+,29+,36-/m1/s1. The van der Waals surface area contributed by atoms with Gasteiger partial charge in [0.25, 0.3) is 5.91 Å². The molecule has 3 fully saturated rings. The van der Waals surface area contributed by atoms with Crippen LogP contribution in [0.15, 0.2) is 42.6 Å². The third-order valence-electron chi connectivity index (χ3n) is 11.1. The van der Waals surface area contributed by atoms with Crippen molar-refractivity contribution in [2.45, 2.75) is 101 Å². The van der Waals surface area contributed by atoms with Crippen LogP contribution in [-0.4, -0.2) is 89.4 Å². The van der Waals surface area contributed by atoms with Gasteiger partial charge in [-0.1, -0.05) is 32.4 Å². The number of carboxylic acid groups (broad SMARTS) is 1. The van der Waals surface area contributed by atoms with E-state index in [1.54, 1.807) is 26.3 Å². The van der Waals surface area contributed by atoms with Crippen LogP contribution in [0.3, 0.4) is 0 Å². The number of methoxy groups -OCH3 is 1. The molecule has 14 nitrogen and oxygen atoms in total. The van der Waals surface area contributed by atoms with Crippen molar-refractivity contribution >= 4 is 44.6 Å². The molecule has 0 unspecified atom stereocenters. The molecule has 4 aliphatic rings. The third kappa shape index (κ3) is 7.35. The Morgan fingerprint density at radius 1 is 1.18 bits per heavy atom. The summed E-state index contributed by atoms with van der Waals surface area (Å²) >= 11 is 0. The smallest absolute Gasteiger partial charge is 0.405 e. The summed E-state index contributed by atoms with van der Waals surface area (Å²) < 4.78 is 39.1. The Balaban J connectivity index is 1.35. The minimum Gasteiger partial charge on any atom is -0.497 e. The van der Waals surface area contributed by atoms with E-state index in [1.165, 1.54) is 4.90 Å². The van der Waals surface area contributed by atoms with Crippen LogP contribution in [0.5, 0.6) is 11.6 Å². The Labute approximate surface area is 297 Å². The Bertz CT molecular complexity index is 1850. The second-order valence-electron chi connectivity index (χ2n) is 14.8. The summed E-state index contributed by atoms with van der Waals surface area (Å²) in [6.45, 7) is 5.48. The van der Waals surface area contributed by atoms with Gasteiger partial charge in [-0.25, -0.2) is 18.2 Å². The molecule has 1 aromatic heterocycles. The lowest BCUT2D eigenvalue weighted by Gasteiger charge is -2.33. The Morgan fingerprint density at radius 3 is 2.63 bits per heavy atom. The molecule has 0 radical (unpaired) electrons. The first kappa shape index (κ1) is 36.4. The number of aromatic nitrogens is 1. The van der Waals surface area contributed by atoms with Crippen molar-refractivity contribution in [1.82, 2.24) is 25.2 Å². The first-order valence-electron chi connectivity index (χ1n) is 17.6. The molecule has 4 amide bonds. The molecular formula is C36H47N5O9S. The molecule has 15 heteroatoms. The van der Waals surface area contributed by atoms with Gasteiger partial charge in [0, 0.05) is 23.9 Å². The minimum absolute atomic E-state index is 0.0212. The molecule has 51 heavy (non-hydrogen) atoms. The van der Waals surface area contributed by atoms with Crippen LogP contribution < -0.4 is 24.8 Å². The summed E-state index contributed by atoms with van der Waals surface area (Å²) in [6, 6.07) is 4.94. The maximum atomic E-state index is 14.5. The number of rotatable bonds is 8. The number of amides is 4. The van der Waals surface area contributed by atoms with E-state index in [1.807, 2.05) is 37.3 Å². The van der Waals surface area contributed by atoms with Gasteiger partial charge in [0.2, 0.25) is 27.7 Å². The number of allylic oxidation sites excluding steroid dienone is 1. The van der Waals surface area contributed by atoms with Crippen molar-refractivity contribution in [2.24, 2.45) is 17.8 Å². The fraction of sp³-hybridized carbons (Fsp3) is 0.583. The van der Waals surface area contributed by atoms with Crippen molar-refractivity contribution in [3.8, 4) is 11.6 Å². The lowest BCUT2D eigenvalue weighted by molar-refractivity contribution is -0.142. The molecule has 2 aromatic rings. The molecule has 6 rings (SSSR count). The summed E-state index contributed by atoms with van der Waals surface area (Å²) in [5.74, 6) is -1.77. The quantitative estimate of drug-likeness (QED) is 0.293. The second-order valence-corrected chi connectivity index (χ2v) is 17.0. The summed E-state index contributed by atoms with van der Waals surface area (Å²) in [7, 11) is -2.43. The zero-order valence-corrected chi connectivity index (χ0v) is 30.2. The van der Waals surface area contributed by atoms with Gasteiger partial charge in [0.15, 0.2) is 0 Å². The van der Waals surface area contributed by atoms with Crippen LogP contribution in [0.2, 0.25) is 0 Å². The number of benzene rings is 1. The molecule has 3 heterocycles. The molecule has 2 aliphatic heterocycles. The van der Waals surface area contributed by atoms with Gasteiger partial charge in [-0.2, -0.15) is 0 Å². The summed E-state index contributed by atoms with van der Waals surface area (Å²) in [6.07, 6.45) is 6.87. The molecule has 1 aromatic carbocycles. The molecule has 276 valence electrons. The number of hydrogen-bond donors (Lipinski definition) is 4. The predicted molar refractivity (Wildman–Crippen MR) is 187 cm³/mol. The highest BCUT2D eigenvalue weighted by molar-refractivity contribution is 7.91. The van der Waals surface area contributed by atoms with Gasteiger partial charge >= 0.3 is 6.09 Å². The Hall–Kier alpha value is -4.40. The van der Waals surface area contributed by atoms with E-state index >= 15 is 0 Å². The lowest BCUT2D eigenvalue weighted by atomic mass is 9.85. The topological polar surface area (TPSA) is 193 Å². The normalized spacial score (nSPS) is 31.2. The Kier molecular flexibility index (Phi) is 9.96. The number of sulfonamides is 1. The van der Waals surface area contributed by atoms with Crippen LogP contribution in [0.1, 0.15) is 72.1 Å². The molecular weight excluding hydrogens is 678 g/mol. The van der Waals surface area contributed by atoms with Crippen LogP contribution in [0, 0.1) is 17.8 Å². The van der Waals surface area contributed by atoms with E-state index < -0.39 is 68.2 Å². The monoisotopic (exact) mass is 725 g/mol. The fourth-order valence-corrected chi connectivity index (χ4v) is 8.77. The van der Waals surface area contributed by atoms with Crippen molar-refractivity contribution < 1.29 is 42.2 Å². The highest BCUT2D eigenvalue weighted by Gasteiger charge is 2.63. The van der Waals surface area contributed by atoms with Gasteiger partial charge in [0.05, 0.1) is 18.4 Å². The zero-order valence-electron chi connectivity index (χ0n) is 29.4. The van der Waals surface area contributed by atoms with Crippen molar-refractivity contribution in [3.63, 3.8) is 0 Å². The van der Waals surface area contributed by atoms with E-state index in [0.717, 1.165) is 11.8 Å². The first-order valence-corrected chi connectivity index (χ1v) is 19.1. The molecule has 4 N–H and O–H groups in total. The van der Waals surface area contributed by atoms with Crippen LogP contribution in [-0.2, 0) is 24.4 Å². The van der Waals surface area contributed by atoms with Crippen LogP contribution in [0.4, 0.5) is 4.79 Å². The molecule has 0 bridgehead atoms. The lowest BCUT2D eigenvalue weighted by Crippen LogP contribution is -2.59. The molecule has 1 saturated heterocycles. The average Bonchev–Trinajstić information content (AvgIpc) is 3.97. The van der Waals surface area contributed by atoms with E-state index in [9.17, 15) is 32.7 Å². The SMILES string of the molecule is CC[C@@H]1C[C@H](C)CC/C=C\[C@@H]2C[C@@]2(C(=O)NS(=O)(=O)C2(C)CC2)NC(=O)[C@@H]2C[C@@H](Oc3nccc4cc(OC)ccc34)CN2C(=O)[C@H]1NC(=O)O. The van der Waals surface area contributed by atoms with Gasteiger partial charge in [0.1, 0.15) is 29.5 Å². The molecule has 2 aliphatic carbocycles. The number of nitrogens with one attached hydrogen (secondary N) is 3. The molecule has 0 spiro atoms. The number of hydrogen-bond acceptors (Lipinski definition) is 9. The zero-order chi connectivity index (χ0) is 36.7. The Morgan fingerprint density at radius 2 is 1.94 bits per heavy atom. The number of ether oxygens (including phenoxy) is 2. The number of carbonyl (C=O) groups is 4. The predicted octanol–water partition coefficient (Wildman–Crippen LogP) is 3.50. The highest BCUT2D eigenvalue weighted by Crippen LogP contribution is 2.47. The van der Waals surface area contributed by atoms with Crippen LogP contribution >= 0.6 is 0 Å². The average molecular weight is 726 g/mol. The third-order valence-corrected chi connectivity index (χ3v) is 13.3. The van der Waals surface area contributed by atoms with Gasteiger partial charge in [-0.15, -0.1) is 0 Å². The van der Waals surface area contributed by atoms with E-state index in [4.69, 9.17) is 9.47 Å². The summed E-state index contributed by atoms with van der Waals surface area (Å²) in [4.78, 5) is 60.4. The maximum Gasteiger partial charge on any atom is 0.405 e. The van der Waals surface area contributed by atoms with Gasteiger partial charge in [-0.05, 0) is 86.9 Å². The van der Waals surface area contributed by atoms with E-state index in [2.05, 4.69) is 27.3 Å². The van der Waals surface area contributed by atoms with Crippen molar-refractivity contribution in [2.75, 3.05) is 13.7 Å². The van der Waals surface area contributed by atoms with Gasteiger partial charge < -0.3 is 30.1 Å². The minimum atomic E-state index is -4.00. The number of pyridine rings is 1. The van der Waals surface area contributed by atoms with E-state index in [0.29, 0.717) is 49.1 Å². The summed E-state index contributed by atoms with van der Waals surface area (Å²) in [5.41, 5.74) is -1.54. The second kappa shape index (κ2) is 14.0. The fourth-order valence-electron chi connectivity index (χ4n) is 7.46. The molecule has 2 saturated carbocycles. The van der Waals surface area contributed by atoms with E-state index in [-0.39, 0.29) is 31.2 Å².